The summed E-state index contributed by atoms with van der Waals surface area (Å²) in [6, 6.07) is 7.71. The molecule has 1 aromatic carbocycles. The lowest BCUT2D eigenvalue weighted by atomic mass is 10.1. The molecule has 94 valence electrons. The smallest absolute Gasteiger partial charge is 0.0481 e. The van der Waals surface area contributed by atoms with Gasteiger partial charge in [0.05, 0.1) is 0 Å². The molecule has 0 saturated carbocycles. The van der Waals surface area contributed by atoms with Gasteiger partial charge in [-0.25, -0.2) is 0 Å². The molecule has 0 fully saturated rings. The predicted molar refractivity (Wildman–Crippen MR) is 76.3 cm³/mol. The zero-order valence-corrected chi connectivity index (χ0v) is 11.3. The van der Waals surface area contributed by atoms with Crippen LogP contribution in [-0.2, 0) is 0 Å². The van der Waals surface area contributed by atoms with Gasteiger partial charge in [0.1, 0.15) is 0 Å². The monoisotopic (exact) mass is 251 g/mol. The molecule has 1 atom stereocenters. The highest BCUT2D eigenvalue weighted by Gasteiger charge is 2.00. The van der Waals surface area contributed by atoms with Crippen LogP contribution in [0.1, 0.15) is 50.6 Å². The van der Waals surface area contributed by atoms with Gasteiger partial charge in [0, 0.05) is 11.1 Å². The molecule has 1 nitrogen and oxygen atoms in total. The average molecular weight is 252 g/mol. The summed E-state index contributed by atoms with van der Waals surface area (Å²) in [5.41, 5.74) is 7.17. The molecule has 2 heteroatoms. The van der Waals surface area contributed by atoms with Gasteiger partial charge in [-0.15, -0.1) is 0 Å². The van der Waals surface area contributed by atoms with Gasteiger partial charge in [-0.05, 0) is 30.5 Å². The first kappa shape index (κ1) is 14.3. The van der Waals surface area contributed by atoms with Crippen molar-refractivity contribution in [2.24, 2.45) is 5.73 Å². The van der Waals surface area contributed by atoms with E-state index in [-0.39, 0.29) is 6.04 Å². The molecular weight excluding hydrogens is 230 g/mol. The lowest BCUT2D eigenvalue weighted by Crippen LogP contribution is -2.06. The number of benzene rings is 1. The number of unbranched alkanes of at least 4 members (excludes halogenated alkanes) is 4. The fourth-order valence-corrected chi connectivity index (χ4v) is 1.85. The van der Waals surface area contributed by atoms with Crippen LogP contribution in [0.4, 0.5) is 0 Å². The highest BCUT2D eigenvalue weighted by atomic mass is 35.5. The highest BCUT2D eigenvalue weighted by Crippen LogP contribution is 2.16. The second-order valence-electron chi connectivity index (χ2n) is 4.35. The molecule has 0 bridgehead atoms. The van der Waals surface area contributed by atoms with E-state index in [0.717, 1.165) is 17.0 Å². The van der Waals surface area contributed by atoms with Crippen molar-refractivity contribution in [2.45, 2.75) is 45.1 Å². The maximum Gasteiger partial charge on any atom is 0.0481 e. The first-order valence-electron chi connectivity index (χ1n) is 6.41. The lowest BCUT2D eigenvalue weighted by molar-refractivity contribution is 0.673. The van der Waals surface area contributed by atoms with Gasteiger partial charge < -0.3 is 5.73 Å². The molecule has 0 spiro atoms. The maximum absolute atomic E-state index is 6.06. The Bertz CT molecular complexity index is 329. The zero-order valence-electron chi connectivity index (χ0n) is 10.5. The molecule has 0 radical (unpaired) electrons. The quantitative estimate of drug-likeness (QED) is 0.543. The minimum absolute atomic E-state index is 0.0153. The summed E-state index contributed by atoms with van der Waals surface area (Å²) in [5, 5.41) is 0.754. The van der Waals surface area contributed by atoms with Gasteiger partial charge in [0.2, 0.25) is 0 Å². The Morgan fingerprint density at radius 1 is 1.18 bits per heavy atom. The van der Waals surface area contributed by atoms with Crippen LogP contribution in [0.25, 0.3) is 0 Å². The van der Waals surface area contributed by atoms with Gasteiger partial charge in [-0.3, -0.25) is 0 Å². The third-order valence-electron chi connectivity index (χ3n) is 2.82. The van der Waals surface area contributed by atoms with Crippen LogP contribution in [0, 0.1) is 0 Å². The molecular formula is C15H22ClN. The number of allylic oxidation sites excluding steroid dienone is 1. The van der Waals surface area contributed by atoms with E-state index in [0.29, 0.717) is 0 Å². The van der Waals surface area contributed by atoms with Crippen LogP contribution in [0.5, 0.6) is 0 Å². The Balaban J connectivity index is 2.30. The SMILES string of the molecule is CCCCCC/C=C/C(N)c1ccc(Cl)cc1. The van der Waals surface area contributed by atoms with Crippen molar-refractivity contribution in [3.05, 3.63) is 47.0 Å². The molecule has 0 aliphatic heterocycles. The van der Waals surface area contributed by atoms with Crippen LogP contribution in [0.15, 0.2) is 36.4 Å². The van der Waals surface area contributed by atoms with Crippen molar-refractivity contribution in [3.8, 4) is 0 Å². The first-order valence-corrected chi connectivity index (χ1v) is 6.79. The second kappa shape index (κ2) is 8.32. The predicted octanol–water partition coefficient (Wildman–Crippen LogP) is 4.87. The Morgan fingerprint density at radius 3 is 2.53 bits per heavy atom. The summed E-state index contributed by atoms with van der Waals surface area (Å²) in [4.78, 5) is 0. The third kappa shape index (κ3) is 5.90. The molecule has 1 rings (SSSR count). The molecule has 1 unspecified atom stereocenters. The summed E-state index contributed by atoms with van der Waals surface area (Å²) < 4.78 is 0. The molecule has 0 aliphatic rings. The largest absolute Gasteiger partial charge is 0.321 e. The molecule has 0 heterocycles. The van der Waals surface area contributed by atoms with E-state index in [9.17, 15) is 0 Å². The standard InChI is InChI=1S/C15H22ClN/c1-2-3-4-5-6-7-8-15(17)13-9-11-14(16)12-10-13/h7-12,15H,2-6,17H2,1H3/b8-7+. The van der Waals surface area contributed by atoms with Crippen molar-refractivity contribution < 1.29 is 0 Å². The van der Waals surface area contributed by atoms with Crippen molar-refractivity contribution in [1.82, 2.24) is 0 Å². The topological polar surface area (TPSA) is 26.0 Å². The number of hydrogen-bond donors (Lipinski definition) is 1. The van der Waals surface area contributed by atoms with E-state index in [2.05, 4.69) is 19.1 Å². The van der Waals surface area contributed by atoms with E-state index in [1.54, 1.807) is 0 Å². The van der Waals surface area contributed by atoms with Gasteiger partial charge in [-0.1, -0.05) is 62.1 Å². The normalized spacial score (nSPS) is 13.1. The second-order valence-corrected chi connectivity index (χ2v) is 4.79. The maximum atomic E-state index is 6.06. The summed E-state index contributed by atoms with van der Waals surface area (Å²) in [6.07, 6.45) is 10.6. The van der Waals surface area contributed by atoms with Crippen LogP contribution in [0.3, 0.4) is 0 Å². The van der Waals surface area contributed by atoms with Crippen molar-refractivity contribution in [3.63, 3.8) is 0 Å². The Hall–Kier alpha value is -0.790. The van der Waals surface area contributed by atoms with E-state index < -0.39 is 0 Å². The molecule has 1 aromatic rings. The fourth-order valence-electron chi connectivity index (χ4n) is 1.73. The number of halogens is 1. The van der Waals surface area contributed by atoms with Gasteiger partial charge in [0.25, 0.3) is 0 Å². The van der Waals surface area contributed by atoms with Crippen LogP contribution in [0.2, 0.25) is 5.02 Å². The van der Waals surface area contributed by atoms with Gasteiger partial charge >= 0.3 is 0 Å². The van der Waals surface area contributed by atoms with Gasteiger partial charge in [0.15, 0.2) is 0 Å². The minimum atomic E-state index is -0.0153. The summed E-state index contributed by atoms with van der Waals surface area (Å²) in [7, 11) is 0. The fraction of sp³-hybridized carbons (Fsp3) is 0.467. The molecule has 0 saturated heterocycles. The number of nitrogens with two attached hydrogens (primary N) is 1. The minimum Gasteiger partial charge on any atom is -0.321 e. The summed E-state index contributed by atoms with van der Waals surface area (Å²) >= 11 is 5.83. The van der Waals surface area contributed by atoms with E-state index >= 15 is 0 Å². The van der Waals surface area contributed by atoms with E-state index in [1.807, 2.05) is 24.3 Å². The average Bonchev–Trinajstić information content (AvgIpc) is 2.34. The van der Waals surface area contributed by atoms with E-state index in [1.165, 1.54) is 25.7 Å². The molecule has 0 aliphatic carbocycles. The first-order chi connectivity index (χ1) is 8.24. The zero-order chi connectivity index (χ0) is 12.5. The molecule has 0 aromatic heterocycles. The summed E-state index contributed by atoms with van der Waals surface area (Å²) in [5.74, 6) is 0. The number of hydrogen-bond acceptors (Lipinski definition) is 1. The van der Waals surface area contributed by atoms with E-state index in [4.69, 9.17) is 17.3 Å². The Labute approximate surface area is 110 Å². The van der Waals surface area contributed by atoms with Crippen molar-refractivity contribution in [1.29, 1.82) is 0 Å². The van der Waals surface area contributed by atoms with Gasteiger partial charge in [-0.2, -0.15) is 0 Å². The third-order valence-corrected chi connectivity index (χ3v) is 3.07. The molecule has 0 amide bonds. The van der Waals surface area contributed by atoms with Crippen LogP contribution in [-0.4, -0.2) is 0 Å². The van der Waals surface area contributed by atoms with Crippen molar-refractivity contribution in [2.75, 3.05) is 0 Å². The Morgan fingerprint density at radius 2 is 1.88 bits per heavy atom. The van der Waals surface area contributed by atoms with Crippen LogP contribution < -0.4 is 5.73 Å². The Kier molecular flexibility index (Phi) is 6.99. The highest BCUT2D eigenvalue weighted by molar-refractivity contribution is 6.30. The molecule has 17 heavy (non-hydrogen) atoms. The lowest BCUT2D eigenvalue weighted by Gasteiger charge is -2.06. The number of rotatable bonds is 7. The summed E-state index contributed by atoms with van der Waals surface area (Å²) in [6.45, 7) is 2.23. The molecule has 2 N–H and O–H groups in total. The van der Waals surface area contributed by atoms with Crippen LogP contribution >= 0.6 is 11.6 Å². The van der Waals surface area contributed by atoms with Crippen molar-refractivity contribution >= 4 is 11.6 Å².